The number of carboxylic acid groups (broad SMARTS) is 1. The molecule has 2 rings (SSSR count). The quantitative estimate of drug-likeness (QED) is 0.935. The van der Waals surface area contributed by atoms with Crippen molar-refractivity contribution in [1.82, 2.24) is 9.78 Å². The molecule has 0 aliphatic carbocycles. The van der Waals surface area contributed by atoms with Crippen molar-refractivity contribution in [2.75, 3.05) is 0 Å². The first-order valence-corrected chi connectivity index (χ1v) is 6.20. The molecule has 0 radical (unpaired) electrons. The molecule has 1 aromatic carbocycles. The summed E-state index contributed by atoms with van der Waals surface area (Å²) in [6, 6.07) is 2.02. The van der Waals surface area contributed by atoms with Crippen LogP contribution in [0.4, 0.5) is 8.78 Å². The van der Waals surface area contributed by atoms with Crippen LogP contribution >= 0.6 is 0 Å². The van der Waals surface area contributed by atoms with E-state index in [1.54, 1.807) is 0 Å². The molecule has 0 saturated carbocycles. The highest BCUT2D eigenvalue weighted by Gasteiger charge is 2.20. The summed E-state index contributed by atoms with van der Waals surface area (Å²) in [7, 11) is 0. The second-order valence-corrected chi connectivity index (χ2v) is 4.54. The fourth-order valence-electron chi connectivity index (χ4n) is 1.95. The second kappa shape index (κ2) is 5.40. The van der Waals surface area contributed by atoms with E-state index in [4.69, 9.17) is 5.11 Å². The number of hydrogen-bond donors (Lipinski definition) is 1. The fourth-order valence-corrected chi connectivity index (χ4v) is 1.95. The standard InChI is InChI=1S/C14H14F2N2O2/c1-3-4-18-7-10(14(19)20)13(17-18)9-6-11(15)8(2)5-12(9)16/h5-7H,3-4H2,1-2H3,(H,19,20). The van der Waals surface area contributed by atoms with E-state index < -0.39 is 17.6 Å². The zero-order valence-electron chi connectivity index (χ0n) is 11.2. The molecule has 0 bridgehead atoms. The molecule has 2 aromatic rings. The van der Waals surface area contributed by atoms with Crippen LogP contribution in [-0.2, 0) is 6.54 Å². The minimum Gasteiger partial charge on any atom is -0.478 e. The summed E-state index contributed by atoms with van der Waals surface area (Å²) in [6.07, 6.45) is 2.09. The second-order valence-electron chi connectivity index (χ2n) is 4.54. The van der Waals surface area contributed by atoms with E-state index in [9.17, 15) is 13.6 Å². The number of carboxylic acids is 1. The molecular weight excluding hydrogens is 266 g/mol. The molecule has 1 heterocycles. The van der Waals surface area contributed by atoms with Gasteiger partial charge in [0.15, 0.2) is 0 Å². The molecule has 1 aromatic heterocycles. The number of carbonyl (C=O) groups is 1. The van der Waals surface area contributed by atoms with Gasteiger partial charge < -0.3 is 5.11 Å². The first kappa shape index (κ1) is 14.2. The highest BCUT2D eigenvalue weighted by atomic mass is 19.1. The zero-order valence-corrected chi connectivity index (χ0v) is 11.2. The Kier molecular flexibility index (Phi) is 3.83. The molecule has 0 fully saturated rings. The Labute approximate surface area is 114 Å². The van der Waals surface area contributed by atoms with Crippen LogP contribution in [0.25, 0.3) is 11.3 Å². The van der Waals surface area contributed by atoms with Crippen molar-refractivity contribution >= 4 is 5.97 Å². The lowest BCUT2D eigenvalue weighted by Crippen LogP contribution is -1.99. The molecule has 106 valence electrons. The predicted molar refractivity (Wildman–Crippen MR) is 69.6 cm³/mol. The molecule has 0 spiro atoms. The number of aromatic nitrogens is 2. The highest BCUT2D eigenvalue weighted by molar-refractivity contribution is 5.94. The Morgan fingerprint density at radius 2 is 2.05 bits per heavy atom. The molecule has 6 heteroatoms. The lowest BCUT2D eigenvalue weighted by Gasteiger charge is -2.04. The normalized spacial score (nSPS) is 10.8. The summed E-state index contributed by atoms with van der Waals surface area (Å²) in [5.41, 5.74) is -0.167. The van der Waals surface area contributed by atoms with Crippen LogP contribution in [0.1, 0.15) is 29.3 Å². The van der Waals surface area contributed by atoms with Crippen LogP contribution in [-0.4, -0.2) is 20.9 Å². The Morgan fingerprint density at radius 3 is 2.65 bits per heavy atom. The molecule has 0 unspecified atom stereocenters. The van der Waals surface area contributed by atoms with Crippen LogP contribution in [0, 0.1) is 18.6 Å². The molecule has 1 N–H and O–H groups in total. The van der Waals surface area contributed by atoms with E-state index in [0.29, 0.717) is 6.54 Å². The van der Waals surface area contributed by atoms with E-state index >= 15 is 0 Å². The summed E-state index contributed by atoms with van der Waals surface area (Å²) in [5, 5.41) is 13.2. The van der Waals surface area contributed by atoms with Gasteiger partial charge in [0, 0.05) is 18.3 Å². The third kappa shape index (κ3) is 2.54. The van der Waals surface area contributed by atoms with E-state index in [0.717, 1.165) is 18.6 Å². The van der Waals surface area contributed by atoms with Gasteiger partial charge in [-0.05, 0) is 31.0 Å². The summed E-state index contributed by atoms with van der Waals surface area (Å²) in [6.45, 7) is 3.86. The Hall–Kier alpha value is -2.24. The highest BCUT2D eigenvalue weighted by Crippen LogP contribution is 2.27. The lowest BCUT2D eigenvalue weighted by molar-refractivity contribution is 0.0697. The summed E-state index contributed by atoms with van der Waals surface area (Å²) in [5.74, 6) is -2.50. The van der Waals surface area contributed by atoms with Gasteiger partial charge in [-0.2, -0.15) is 5.10 Å². The van der Waals surface area contributed by atoms with Crippen molar-refractivity contribution in [3.63, 3.8) is 0 Å². The monoisotopic (exact) mass is 280 g/mol. The minimum atomic E-state index is -1.22. The maximum absolute atomic E-state index is 13.9. The van der Waals surface area contributed by atoms with E-state index in [1.807, 2.05) is 6.92 Å². The van der Waals surface area contributed by atoms with Crippen molar-refractivity contribution in [1.29, 1.82) is 0 Å². The number of aryl methyl sites for hydroxylation is 2. The van der Waals surface area contributed by atoms with Gasteiger partial charge in [-0.25, -0.2) is 13.6 Å². The Bertz CT molecular complexity index is 665. The van der Waals surface area contributed by atoms with Gasteiger partial charge in [0.05, 0.1) is 0 Å². The van der Waals surface area contributed by atoms with Crippen LogP contribution < -0.4 is 0 Å². The van der Waals surface area contributed by atoms with Crippen LogP contribution in [0.5, 0.6) is 0 Å². The number of hydrogen-bond acceptors (Lipinski definition) is 2. The number of nitrogens with zero attached hydrogens (tertiary/aromatic N) is 2. The Balaban J connectivity index is 2.62. The molecule has 0 aliphatic heterocycles. The van der Waals surface area contributed by atoms with Gasteiger partial charge in [-0.15, -0.1) is 0 Å². The van der Waals surface area contributed by atoms with Crippen molar-refractivity contribution < 1.29 is 18.7 Å². The van der Waals surface area contributed by atoms with Gasteiger partial charge in [0.1, 0.15) is 22.9 Å². The molecular formula is C14H14F2N2O2. The van der Waals surface area contributed by atoms with E-state index in [1.165, 1.54) is 17.8 Å². The predicted octanol–water partition coefficient (Wildman–Crippen LogP) is 3.24. The third-order valence-corrected chi connectivity index (χ3v) is 2.95. The van der Waals surface area contributed by atoms with Crippen LogP contribution in [0.3, 0.4) is 0 Å². The zero-order chi connectivity index (χ0) is 14.9. The van der Waals surface area contributed by atoms with Gasteiger partial charge in [0.25, 0.3) is 0 Å². The average Bonchev–Trinajstić information content (AvgIpc) is 2.78. The van der Waals surface area contributed by atoms with Gasteiger partial charge in [-0.3, -0.25) is 4.68 Å². The SMILES string of the molecule is CCCn1cc(C(=O)O)c(-c2cc(F)c(C)cc2F)n1. The van der Waals surface area contributed by atoms with Gasteiger partial charge in [0.2, 0.25) is 0 Å². The van der Waals surface area contributed by atoms with Crippen LogP contribution in [0.15, 0.2) is 18.3 Å². The summed E-state index contributed by atoms with van der Waals surface area (Å²) < 4.78 is 29.0. The Morgan fingerprint density at radius 1 is 1.35 bits per heavy atom. The van der Waals surface area contributed by atoms with Gasteiger partial charge >= 0.3 is 5.97 Å². The van der Waals surface area contributed by atoms with Gasteiger partial charge in [-0.1, -0.05) is 6.92 Å². The maximum Gasteiger partial charge on any atom is 0.339 e. The van der Waals surface area contributed by atoms with Crippen molar-refractivity contribution in [2.24, 2.45) is 0 Å². The average molecular weight is 280 g/mol. The van der Waals surface area contributed by atoms with Crippen LogP contribution in [0.2, 0.25) is 0 Å². The molecule has 0 aliphatic rings. The number of rotatable bonds is 4. The molecule has 20 heavy (non-hydrogen) atoms. The number of halogens is 2. The number of aromatic carboxylic acids is 1. The lowest BCUT2D eigenvalue weighted by atomic mass is 10.1. The topological polar surface area (TPSA) is 55.1 Å². The number of benzene rings is 1. The third-order valence-electron chi connectivity index (χ3n) is 2.95. The van der Waals surface area contributed by atoms with Crippen molar-refractivity contribution in [2.45, 2.75) is 26.8 Å². The molecule has 0 saturated heterocycles. The van der Waals surface area contributed by atoms with E-state index in [-0.39, 0.29) is 22.4 Å². The maximum atomic E-state index is 13.9. The first-order chi connectivity index (χ1) is 9.43. The molecule has 4 nitrogen and oxygen atoms in total. The minimum absolute atomic E-state index is 0.0534. The molecule has 0 atom stereocenters. The van der Waals surface area contributed by atoms with Crippen molar-refractivity contribution in [3.8, 4) is 11.3 Å². The summed E-state index contributed by atoms with van der Waals surface area (Å²) in [4.78, 5) is 11.2. The fraction of sp³-hybridized carbons (Fsp3) is 0.286. The van der Waals surface area contributed by atoms with Crippen molar-refractivity contribution in [3.05, 3.63) is 41.1 Å². The van der Waals surface area contributed by atoms with E-state index in [2.05, 4.69) is 5.10 Å². The summed E-state index contributed by atoms with van der Waals surface area (Å²) >= 11 is 0. The smallest absolute Gasteiger partial charge is 0.339 e. The molecule has 0 amide bonds. The largest absolute Gasteiger partial charge is 0.478 e. The first-order valence-electron chi connectivity index (χ1n) is 6.20.